The van der Waals surface area contributed by atoms with Crippen LogP contribution in [-0.2, 0) is 14.3 Å². The predicted molar refractivity (Wildman–Crippen MR) is 113 cm³/mol. The molecule has 2 aromatic rings. The number of hydrogen-bond donors (Lipinski definition) is 0. The van der Waals surface area contributed by atoms with Crippen LogP contribution in [0.15, 0.2) is 58.0 Å². The lowest BCUT2D eigenvalue weighted by Crippen LogP contribution is -2.37. The number of rotatable bonds is 4. The maximum atomic E-state index is 13.3. The van der Waals surface area contributed by atoms with E-state index in [-0.39, 0.29) is 23.6 Å². The molecule has 29 heavy (non-hydrogen) atoms. The van der Waals surface area contributed by atoms with Gasteiger partial charge in [-0.05, 0) is 48.4 Å². The van der Waals surface area contributed by atoms with Crippen molar-refractivity contribution in [3.05, 3.63) is 63.5 Å². The number of allylic oxidation sites excluding steroid dienone is 2. The van der Waals surface area contributed by atoms with Gasteiger partial charge in [0.05, 0.1) is 14.2 Å². The molecule has 0 N–H and O–H groups in total. The van der Waals surface area contributed by atoms with Crippen LogP contribution in [0.1, 0.15) is 42.0 Å². The maximum Gasteiger partial charge on any atom is 0.315 e. The average molecular weight is 410 g/mol. The third-order valence-electron chi connectivity index (χ3n) is 5.76. The summed E-state index contributed by atoms with van der Waals surface area (Å²) < 4.78 is 10.4. The van der Waals surface area contributed by atoms with E-state index in [0.29, 0.717) is 24.1 Å². The van der Waals surface area contributed by atoms with Crippen LogP contribution in [0, 0.1) is 5.92 Å². The minimum Gasteiger partial charge on any atom is -0.497 e. The molecule has 1 aromatic carbocycles. The molecule has 1 aliphatic heterocycles. The Bertz CT molecular complexity index is 1010. The van der Waals surface area contributed by atoms with Gasteiger partial charge in [0.1, 0.15) is 11.7 Å². The van der Waals surface area contributed by atoms with Crippen LogP contribution in [0.2, 0.25) is 0 Å². The summed E-state index contributed by atoms with van der Waals surface area (Å²) in [7, 11) is 3.02. The van der Waals surface area contributed by atoms with E-state index < -0.39 is 5.92 Å². The fraction of sp³-hybridized carbons (Fsp3) is 0.348. The number of Topliss-reactive ketones (excluding diaryl/α,β-unsaturated/α-hetero) is 1. The van der Waals surface area contributed by atoms with E-state index in [1.54, 1.807) is 18.4 Å². The number of methoxy groups -OCH3 is 2. The van der Waals surface area contributed by atoms with Crippen LogP contribution in [0.5, 0.6) is 5.75 Å². The molecule has 0 fully saturated rings. The van der Waals surface area contributed by atoms with E-state index >= 15 is 0 Å². The first-order valence-corrected chi connectivity index (χ1v) is 10.5. The minimum absolute atomic E-state index is 0.0477. The Kier molecular flexibility index (Phi) is 5.37. The first-order chi connectivity index (χ1) is 14.0. The van der Waals surface area contributed by atoms with Crippen LogP contribution in [0.3, 0.4) is 0 Å². The zero-order chi connectivity index (χ0) is 20.5. The van der Waals surface area contributed by atoms with Gasteiger partial charge in [0, 0.05) is 34.2 Å². The van der Waals surface area contributed by atoms with Crippen molar-refractivity contribution in [2.24, 2.45) is 10.9 Å². The maximum absolute atomic E-state index is 13.3. The Balaban J connectivity index is 1.77. The van der Waals surface area contributed by atoms with Gasteiger partial charge in [-0.15, -0.1) is 11.3 Å². The highest BCUT2D eigenvalue weighted by Gasteiger charge is 2.45. The molecule has 3 atom stereocenters. The quantitative estimate of drug-likeness (QED) is 0.697. The van der Waals surface area contributed by atoms with Gasteiger partial charge in [-0.1, -0.05) is 18.2 Å². The molecule has 150 valence electrons. The molecule has 1 aliphatic carbocycles. The lowest BCUT2D eigenvalue weighted by Gasteiger charge is -2.35. The van der Waals surface area contributed by atoms with Crippen LogP contribution >= 0.6 is 11.3 Å². The molecule has 0 radical (unpaired) electrons. The molecule has 2 heterocycles. The minimum atomic E-state index is -0.560. The number of ketones is 1. The third-order valence-corrected chi connectivity index (χ3v) is 6.71. The number of carbonyl (C=O) groups is 2. The normalized spacial score (nSPS) is 24.0. The first kappa shape index (κ1) is 19.6. The van der Waals surface area contributed by atoms with Crippen molar-refractivity contribution < 1.29 is 19.1 Å². The summed E-state index contributed by atoms with van der Waals surface area (Å²) in [6, 6.07) is 11.8. The molecule has 0 amide bonds. The average Bonchev–Trinajstić information content (AvgIpc) is 3.26. The summed E-state index contributed by atoms with van der Waals surface area (Å²) in [5.74, 6) is -0.350. The number of aliphatic imine (C=N–C) groups is 1. The molecule has 6 heteroatoms. The number of thiophene rings is 1. The van der Waals surface area contributed by atoms with Crippen molar-refractivity contribution in [2.45, 2.75) is 31.6 Å². The second-order valence-electron chi connectivity index (χ2n) is 7.41. The monoisotopic (exact) mass is 409 g/mol. The lowest BCUT2D eigenvalue weighted by molar-refractivity contribution is -0.143. The molecule has 0 spiro atoms. The van der Waals surface area contributed by atoms with Crippen LogP contribution in [-0.4, -0.2) is 31.7 Å². The summed E-state index contributed by atoms with van der Waals surface area (Å²) in [5.41, 5.74) is 3.24. The van der Waals surface area contributed by atoms with E-state index in [1.807, 2.05) is 48.7 Å². The van der Waals surface area contributed by atoms with Crippen LogP contribution in [0.25, 0.3) is 0 Å². The molecule has 0 bridgehead atoms. The second-order valence-corrected chi connectivity index (χ2v) is 8.39. The van der Waals surface area contributed by atoms with E-state index in [4.69, 9.17) is 14.5 Å². The van der Waals surface area contributed by atoms with Gasteiger partial charge in [0.15, 0.2) is 5.78 Å². The first-order valence-electron chi connectivity index (χ1n) is 9.60. The number of benzene rings is 1. The molecular formula is C23H23NO4S. The Hall–Kier alpha value is -2.73. The van der Waals surface area contributed by atoms with Gasteiger partial charge in [0.2, 0.25) is 0 Å². The molecule has 0 saturated heterocycles. The molecular weight excluding hydrogens is 386 g/mol. The number of ether oxygens (including phenoxy) is 2. The van der Waals surface area contributed by atoms with Crippen molar-refractivity contribution in [3.63, 3.8) is 0 Å². The number of nitrogens with zero attached hydrogens (tertiary/aromatic N) is 1. The van der Waals surface area contributed by atoms with Gasteiger partial charge in [-0.2, -0.15) is 0 Å². The fourth-order valence-electron chi connectivity index (χ4n) is 4.40. The van der Waals surface area contributed by atoms with Crippen LogP contribution in [0.4, 0.5) is 0 Å². The Morgan fingerprint density at radius 2 is 2.00 bits per heavy atom. The zero-order valence-corrected chi connectivity index (χ0v) is 17.5. The highest BCUT2D eigenvalue weighted by atomic mass is 32.1. The van der Waals surface area contributed by atoms with Crippen molar-refractivity contribution in [1.82, 2.24) is 0 Å². The molecule has 2 aliphatic rings. The van der Waals surface area contributed by atoms with Gasteiger partial charge >= 0.3 is 5.97 Å². The van der Waals surface area contributed by atoms with Crippen molar-refractivity contribution in [1.29, 1.82) is 0 Å². The number of esters is 1. The Morgan fingerprint density at radius 1 is 1.17 bits per heavy atom. The SMILES string of the molecule is COC(=O)C1C(C)=NC2=C(C(=O)C[C@@H](c3cccc(OC)c3)C2)[C@@H]1c1cccs1. The van der Waals surface area contributed by atoms with Crippen molar-refractivity contribution in [2.75, 3.05) is 14.2 Å². The Labute approximate surface area is 174 Å². The Morgan fingerprint density at radius 3 is 2.69 bits per heavy atom. The van der Waals surface area contributed by atoms with Gasteiger partial charge in [0.25, 0.3) is 0 Å². The highest BCUT2D eigenvalue weighted by molar-refractivity contribution is 7.10. The van der Waals surface area contributed by atoms with E-state index in [0.717, 1.165) is 21.9 Å². The van der Waals surface area contributed by atoms with Gasteiger partial charge in [-0.3, -0.25) is 14.6 Å². The third kappa shape index (κ3) is 3.53. The molecule has 1 aromatic heterocycles. The van der Waals surface area contributed by atoms with Gasteiger partial charge < -0.3 is 9.47 Å². The predicted octanol–water partition coefficient (Wildman–Crippen LogP) is 4.50. The highest BCUT2D eigenvalue weighted by Crippen LogP contribution is 2.47. The molecule has 0 saturated carbocycles. The number of carbonyl (C=O) groups excluding carboxylic acids is 2. The summed E-state index contributed by atoms with van der Waals surface area (Å²) in [4.78, 5) is 31.6. The summed E-state index contributed by atoms with van der Waals surface area (Å²) >= 11 is 1.56. The number of hydrogen-bond acceptors (Lipinski definition) is 6. The standard InChI is InChI=1S/C23H23NO4S/c1-13-20(23(26)28-3)22(19-8-5-9-29-19)21-17(24-13)11-15(12-18(21)25)14-6-4-7-16(10-14)27-2/h4-10,15,20,22H,11-12H2,1-3H3/t15-,20?,22+/m0/s1. The van der Waals surface area contributed by atoms with Crippen molar-refractivity contribution >= 4 is 28.8 Å². The van der Waals surface area contributed by atoms with E-state index in [9.17, 15) is 9.59 Å². The second kappa shape index (κ2) is 7.95. The molecule has 4 rings (SSSR count). The summed E-state index contributed by atoms with van der Waals surface area (Å²) in [6.45, 7) is 1.85. The topological polar surface area (TPSA) is 65.0 Å². The fourth-order valence-corrected chi connectivity index (χ4v) is 5.27. The van der Waals surface area contributed by atoms with Gasteiger partial charge in [-0.25, -0.2) is 0 Å². The molecule has 5 nitrogen and oxygen atoms in total. The summed E-state index contributed by atoms with van der Waals surface area (Å²) in [6.07, 6.45) is 1.07. The smallest absolute Gasteiger partial charge is 0.315 e. The van der Waals surface area contributed by atoms with E-state index in [1.165, 1.54) is 7.11 Å². The van der Waals surface area contributed by atoms with Crippen LogP contribution < -0.4 is 4.74 Å². The lowest BCUT2D eigenvalue weighted by atomic mass is 9.71. The summed E-state index contributed by atoms with van der Waals surface area (Å²) in [5, 5.41) is 1.97. The van der Waals surface area contributed by atoms with Crippen molar-refractivity contribution in [3.8, 4) is 5.75 Å². The van der Waals surface area contributed by atoms with E-state index in [2.05, 4.69) is 0 Å². The molecule has 1 unspecified atom stereocenters. The largest absolute Gasteiger partial charge is 0.497 e. The zero-order valence-electron chi connectivity index (χ0n) is 16.7.